The van der Waals surface area contributed by atoms with Gasteiger partial charge >= 0.3 is 0 Å². The Morgan fingerprint density at radius 3 is 2.87 bits per heavy atom. The Balaban J connectivity index is 1.64. The predicted octanol–water partition coefficient (Wildman–Crippen LogP) is 1.47. The van der Waals surface area contributed by atoms with Gasteiger partial charge in [-0.15, -0.1) is 0 Å². The van der Waals surface area contributed by atoms with Gasteiger partial charge < -0.3 is 10.3 Å². The van der Waals surface area contributed by atoms with E-state index in [1.165, 1.54) is 19.3 Å². The van der Waals surface area contributed by atoms with Crippen molar-refractivity contribution in [2.75, 3.05) is 6.54 Å². The third-order valence-electron chi connectivity index (χ3n) is 3.78. The quantitative estimate of drug-likeness (QED) is 0.812. The number of hydrogen-bond donors (Lipinski definition) is 1. The molecule has 2 aliphatic carbocycles. The zero-order valence-corrected chi connectivity index (χ0v) is 8.85. The lowest BCUT2D eigenvalue weighted by Crippen LogP contribution is -2.01. The zero-order chi connectivity index (χ0) is 10.3. The molecule has 1 heterocycles. The minimum Gasteiger partial charge on any atom is -0.339 e. The molecule has 2 aliphatic rings. The standard InChI is InChI=1S/C11H17N3O/c12-6-2-5-9-13-11(15-14-9)10-7-3-1-4-8(7)10/h7-8,10H,1-6,12H2. The fraction of sp³-hybridized carbons (Fsp3) is 0.818. The summed E-state index contributed by atoms with van der Waals surface area (Å²) >= 11 is 0. The maximum Gasteiger partial charge on any atom is 0.230 e. The van der Waals surface area contributed by atoms with E-state index < -0.39 is 0 Å². The molecule has 0 bridgehead atoms. The van der Waals surface area contributed by atoms with E-state index in [9.17, 15) is 0 Å². The monoisotopic (exact) mass is 207 g/mol. The summed E-state index contributed by atoms with van der Waals surface area (Å²) in [6.45, 7) is 0.693. The van der Waals surface area contributed by atoms with Gasteiger partial charge in [-0.25, -0.2) is 0 Å². The lowest BCUT2D eigenvalue weighted by atomic mass is 10.1. The Morgan fingerprint density at radius 2 is 2.13 bits per heavy atom. The second-order valence-electron chi connectivity index (χ2n) is 4.73. The molecule has 0 spiro atoms. The Labute approximate surface area is 89.2 Å². The molecule has 0 saturated heterocycles. The van der Waals surface area contributed by atoms with E-state index in [0.717, 1.165) is 36.4 Å². The van der Waals surface area contributed by atoms with Crippen LogP contribution in [0.5, 0.6) is 0 Å². The van der Waals surface area contributed by atoms with Crippen LogP contribution in [-0.2, 0) is 6.42 Å². The van der Waals surface area contributed by atoms with Crippen LogP contribution in [0.25, 0.3) is 0 Å². The Hall–Kier alpha value is -0.900. The van der Waals surface area contributed by atoms with E-state index in [-0.39, 0.29) is 0 Å². The Bertz CT molecular complexity index is 339. The van der Waals surface area contributed by atoms with Crippen molar-refractivity contribution in [1.29, 1.82) is 0 Å². The lowest BCUT2D eigenvalue weighted by Gasteiger charge is -1.94. The fourth-order valence-corrected chi connectivity index (χ4v) is 2.95. The summed E-state index contributed by atoms with van der Waals surface area (Å²) in [7, 11) is 0. The van der Waals surface area contributed by atoms with Crippen molar-refractivity contribution < 1.29 is 4.52 Å². The fourth-order valence-electron chi connectivity index (χ4n) is 2.95. The molecule has 2 saturated carbocycles. The smallest absolute Gasteiger partial charge is 0.230 e. The molecule has 1 aromatic rings. The van der Waals surface area contributed by atoms with Crippen LogP contribution in [0, 0.1) is 11.8 Å². The number of aryl methyl sites for hydroxylation is 1. The van der Waals surface area contributed by atoms with E-state index in [0.29, 0.717) is 12.5 Å². The maximum absolute atomic E-state index is 5.44. The van der Waals surface area contributed by atoms with Gasteiger partial charge in [0.05, 0.1) is 0 Å². The van der Waals surface area contributed by atoms with Crippen molar-refractivity contribution in [2.45, 2.75) is 38.0 Å². The number of nitrogens with zero attached hydrogens (tertiary/aromatic N) is 2. The first-order valence-electron chi connectivity index (χ1n) is 5.92. The molecular formula is C11H17N3O. The van der Waals surface area contributed by atoms with Crippen LogP contribution in [0.1, 0.15) is 43.3 Å². The zero-order valence-electron chi connectivity index (χ0n) is 8.85. The molecule has 0 amide bonds. The van der Waals surface area contributed by atoms with Gasteiger partial charge in [-0.2, -0.15) is 4.98 Å². The molecule has 3 rings (SSSR count). The van der Waals surface area contributed by atoms with Crippen LogP contribution in [0.3, 0.4) is 0 Å². The average molecular weight is 207 g/mol. The highest BCUT2D eigenvalue weighted by molar-refractivity contribution is 5.15. The minimum absolute atomic E-state index is 0.595. The van der Waals surface area contributed by atoms with Gasteiger partial charge in [0.1, 0.15) is 0 Å². The van der Waals surface area contributed by atoms with Crippen LogP contribution >= 0.6 is 0 Å². The first-order valence-corrected chi connectivity index (χ1v) is 5.92. The number of aromatic nitrogens is 2. The van der Waals surface area contributed by atoms with Gasteiger partial charge in [0.2, 0.25) is 5.89 Å². The van der Waals surface area contributed by atoms with Crippen molar-refractivity contribution in [1.82, 2.24) is 10.1 Å². The average Bonchev–Trinajstić information content (AvgIpc) is 2.73. The van der Waals surface area contributed by atoms with Crippen molar-refractivity contribution in [2.24, 2.45) is 17.6 Å². The van der Waals surface area contributed by atoms with Crippen LogP contribution in [-0.4, -0.2) is 16.7 Å². The van der Waals surface area contributed by atoms with Crippen LogP contribution in [0.15, 0.2) is 4.52 Å². The largest absolute Gasteiger partial charge is 0.339 e. The first-order chi connectivity index (χ1) is 7.40. The normalized spacial score (nSPS) is 33.0. The molecule has 2 unspecified atom stereocenters. The molecule has 0 aromatic carbocycles. The molecular weight excluding hydrogens is 190 g/mol. The number of hydrogen-bond acceptors (Lipinski definition) is 4. The van der Waals surface area contributed by atoms with Crippen molar-refractivity contribution in [3.63, 3.8) is 0 Å². The molecule has 0 aliphatic heterocycles. The minimum atomic E-state index is 0.595. The maximum atomic E-state index is 5.44. The van der Waals surface area contributed by atoms with Crippen molar-refractivity contribution >= 4 is 0 Å². The van der Waals surface area contributed by atoms with Crippen molar-refractivity contribution in [3.05, 3.63) is 11.7 Å². The highest BCUT2D eigenvalue weighted by Crippen LogP contribution is 2.62. The number of nitrogens with two attached hydrogens (primary N) is 1. The van der Waals surface area contributed by atoms with Gasteiger partial charge in [0, 0.05) is 12.3 Å². The molecule has 2 N–H and O–H groups in total. The lowest BCUT2D eigenvalue weighted by molar-refractivity contribution is 0.363. The van der Waals surface area contributed by atoms with Gasteiger partial charge in [-0.3, -0.25) is 0 Å². The van der Waals surface area contributed by atoms with Crippen LogP contribution < -0.4 is 5.73 Å². The van der Waals surface area contributed by atoms with Gasteiger partial charge in [0.25, 0.3) is 0 Å². The summed E-state index contributed by atoms with van der Waals surface area (Å²) in [5.41, 5.74) is 5.44. The highest BCUT2D eigenvalue weighted by atomic mass is 16.5. The molecule has 15 heavy (non-hydrogen) atoms. The SMILES string of the molecule is NCCCc1noc(C2C3CCCC32)n1. The Morgan fingerprint density at radius 1 is 1.33 bits per heavy atom. The van der Waals surface area contributed by atoms with E-state index >= 15 is 0 Å². The van der Waals surface area contributed by atoms with Crippen LogP contribution in [0.2, 0.25) is 0 Å². The first kappa shape index (κ1) is 9.33. The summed E-state index contributed by atoms with van der Waals surface area (Å²) in [4.78, 5) is 4.46. The second kappa shape index (κ2) is 3.59. The molecule has 4 nitrogen and oxygen atoms in total. The van der Waals surface area contributed by atoms with Gasteiger partial charge in [0.15, 0.2) is 5.82 Å². The third kappa shape index (κ3) is 1.57. The third-order valence-corrected chi connectivity index (χ3v) is 3.78. The Kier molecular flexibility index (Phi) is 2.24. The van der Waals surface area contributed by atoms with E-state index in [1.54, 1.807) is 0 Å². The van der Waals surface area contributed by atoms with E-state index in [2.05, 4.69) is 10.1 Å². The summed E-state index contributed by atoms with van der Waals surface area (Å²) in [5.74, 6) is 4.02. The predicted molar refractivity (Wildman–Crippen MR) is 55.2 cm³/mol. The number of fused-ring (bicyclic) bond motifs is 1. The highest BCUT2D eigenvalue weighted by Gasteiger charge is 2.56. The molecule has 1 aromatic heterocycles. The number of rotatable bonds is 4. The van der Waals surface area contributed by atoms with Gasteiger partial charge in [-0.1, -0.05) is 11.6 Å². The summed E-state index contributed by atoms with van der Waals surface area (Å²) < 4.78 is 5.32. The second-order valence-corrected chi connectivity index (χ2v) is 4.73. The molecule has 2 atom stereocenters. The molecule has 0 radical (unpaired) electrons. The topological polar surface area (TPSA) is 64.9 Å². The summed E-state index contributed by atoms with van der Waals surface area (Å²) in [5, 5.41) is 4.00. The molecule has 82 valence electrons. The molecule has 2 fully saturated rings. The van der Waals surface area contributed by atoms with E-state index in [4.69, 9.17) is 10.3 Å². The molecule has 4 heteroatoms. The van der Waals surface area contributed by atoms with E-state index in [1.807, 2.05) is 0 Å². The summed E-state index contributed by atoms with van der Waals surface area (Å²) in [6.07, 6.45) is 5.89. The summed E-state index contributed by atoms with van der Waals surface area (Å²) in [6, 6.07) is 0. The van der Waals surface area contributed by atoms with Crippen LogP contribution in [0.4, 0.5) is 0 Å². The van der Waals surface area contributed by atoms with Gasteiger partial charge in [-0.05, 0) is 37.6 Å². The van der Waals surface area contributed by atoms with Crippen molar-refractivity contribution in [3.8, 4) is 0 Å².